The van der Waals surface area contributed by atoms with E-state index in [2.05, 4.69) is 5.32 Å². The third-order valence-corrected chi connectivity index (χ3v) is 3.45. The van der Waals surface area contributed by atoms with Crippen molar-refractivity contribution in [2.45, 2.75) is 6.10 Å². The number of benzene rings is 1. The zero-order chi connectivity index (χ0) is 13.9. The number of aliphatic hydroxyl groups is 1. The standard InChI is InChI=1S/C17H15NO2/c19-16(13-5-2-1-3-6-13)11-18-17(20)15-10-9-12-7-4-8-14(12)15/h1-10,16,19H,11H2,(H,18,20). The van der Waals surface area contributed by atoms with E-state index in [4.69, 9.17) is 0 Å². The predicted octanol–water partition coefficient (Wildman–Crippen LogP) is 2.20. The average molecular weight is 265 g/mol. The molecule has 0 saturated carbocycles. The monoisotopic (exact) mass is 265 g/mol. The molecule has 3 heteroatoms. The minimum absolute atomic E-state index is 0.152. The molecule has 0 aromatic heterocycles. The summed E-state index contributed by atoms with van der Waals surface area (Å²) in [5.74, 6) is -0.152. The lowest BCUT2D eigenvalue weighted by atomic mass is 10.1. The lowest BCUT2D eigenvalue weighted by Gasteiger charge is -2.12. The number of fused-ring (bicyclic) bond motifs is 1. The summed E-state index contributed by atoms with van der Waals surface area (Å²) in [5, 5.41) is 12.8. The largest absolute Gasteiger partial charge is 0.387 e. The average Bonchev–Trinajstić information content (AvgIpc) is 3.08. The number of carbonyl (C=O) groups is 1. The Balaban J connectivity index is 1.64. The van der Waals surface area contributed by atoms with Crippen LogP contribution in [0.4, 0.5) is 0 Å². The van der Waals surface area contributed by atoms with Gasteiger partial charge in [-0.05, 0) is 22.8 Å². The van der Waals surface area contributed by atoms with Gasteiger partial charge >= 0.3 is 0 Å². The number of amides is 1. The fourth-order valence-electron chi connectivity index (χ4n) is 2.36. The maximum atomic E-state index is 12.1. The molecule has 1 amide bonds. The number of hydrogen-bond donors (Lipinski definition) is 2. The highest BCUT2D eigenvalue weighted by molar-refractivity contribution is 6.00. The smallest absolute Gasteiger partial charge is 0.252 e. The summed E-state index contributed by atoms with van der Waals surface area (Å²) in [4.78, 5) is 12.1. The summed E-state index contributed by atoms with van der Waals surface area (Å²) in [6.45, 7) is 0.205. The van der Waals surface area contributed by atoms with Crippen LogP contribution in [0.15, 0.2) is 77.4 Å². The molecular weight excluding hydrogens is 250 g/mol. The molecule has 0 saturated heterocycles. The normalized spacial score (nSPS) is 17.1. The zero-order valence-corrected chi connectivity index (χ0v) is 10.9. The lowest BCUT2D eigenvalue weighted by Crippen LogP contribution is -2.29. The van der Waals surface area contributed by atoms with Gasteiger partial charge in [0.2, 0.25) is 0 Å². The van der Waals surface area contributed by atoms with Crippen molar-refractivity contribution in [1.29, 1.82) is 0 Å². The van der Waals surface area contributed by atoms with Crippen LogP contribution in [-0.4, -0.2) is 17.6 Å². The molecule has 20 heavy (non-hydrogen) atoms. The van der Waals surface area contributed by atoms with Gasteiger partial charge < -0.3 is 10.4 Å². The van der Waals surface area contributed by atoms with E-state index in [0.29, 0.717) is 5.57 Å². The summed E-state index contributed by atoms with van der Waals surface area (Å²) in [6.07, 6.45) is 8.89. The van der Waals surface area contributed by atoms with Crippen LogP contribution in [0.2, 0.25) is 0 Å². The fourth-order valence-corrected chi connectivity index (χ4v) is 2.36. The molecule has 0 radical (unpaired) electrons. The van der Waals surface area contributed by atoms with Gasteiger partial charge in [0.1, 0.15) is 0 Å². The van der Waals surface area contributed by atoms with Crippen LogP contribution >= 0.6 is 0 Å². The van der Waals surface area contributed by atoms with Crippen molar-refractivity contribution >= 4 is 5.91 Å². The van der Waals surface area contributed by atoms with Crippen molar-refractivity contribution in [3.05, 3.63) is 83.0 Å². The van der Waals surface area contributed by atoms with Crippen LogP contribution in [-0.2, 0) is 4.79 Å². The SMILES string of the molecule is O=C(NCC(O)c1ccccc1)C1=C2C=CC=C2C=C1. The first kappa shape index (κ1) is 12.6. The van der Waals surface area contributed by atoms with Crippen molar-refractivity contribution in [3.63, 3.8) is 0 Å². The summed E-state index contributed by atoms with van der Waals surface area (Å²) in [6, 6.07) is 9.31. The number of rotatable bonds is 4. The van der Waals surface area contributed by atoms with Gasteiger partial charge in [0.05, 0.1) is 6.10 Å². The van der Waals surface area contributed by atoms with Gasteiger partial charge in [-0.25, -0.2) is 0 Å². The van der Waals surface area contributed by atoms with Crippen LogP contribution < -0.4 is 5.32 Å². The van der Waals surface area contributed by atoms with E-state index in [-0.39, 0.29) is 12.5 Å². The Morgan fingerprint density at radius 1 is 1.15 bits per heavy atom. The first-order valence-corrected chi connectivity index (χ1v) is 6.58. The molecule has 2 aliphatic rings. The summed E-state index contributed by atoms with van der Waals surface area (Å²) in [5.41, 5.74) is 3.48. The summed E-state index contributed by atoms with van der Waals surface area (Å²) in [7, 11) is 0. The molecule has 0 heterocycles. The molecule has 0 bridgehead atoms. The van der Waals surface area contributed by atoms with Gasteiger partial charge in [0, 0.05) is 12.1 Å². The Labute approximate surface area is 117 Å². The third kappa shape index (κ3) is 2.36. The van der Waals surface area contributed by atoms with Crippen LogP contribution in [0.3, 0.4) is 0 Å². The molecular formula is C17H15NO2. The highest BCUT2D eigenvalue weighted by atomic mass is 16.3. The van der Waals surface area contributed by atoms with Crippen molar-refractivity contribution in [2.24, 2.45) is 0 Å². The lowest BCUT2D eigenvalue weighted by molar-refractivity contribution is -0.117. The molecule has 1 atom stereocenters. The van der Waals surface area contributed by atoms with Crippen molar-refractivity contribution < 1.29 is 9.90 Å². The zero-order valence-electron chi connectivity index (χ0n) is 10.9. The Morgan fingerprint density at radius 2 is 1.95 bits per heavy atom. The second-order valence-corrected chi connectivity index (χ2v) is 4.78. The Kier molecular flexibility index (Phi) is 3.35. The number of hydrogen-bond acceptors (Lipinski definition) is 2. The number of allylic oxidation sites excluding steroid dienone is 6. The third-order valence-electron chi connectivity index (χ3n) is 3.45. The number of nitrogens with one attached hydrogen (secondary N) is 1. The van der Waals surface area contributed by atoms with Crippen LogP contribution in [0.25, 0.3) is 0 Å². The van der Waals surface area contributed by atoms with E-state index in [1.54, 1.807) is 0 Å². The molecule has 1 unspecified atom stereocenters. The van der Waals surface area contributed by atoms with Gasteiger partial charge in [-0.3, -0.25) is 4.79 Å². The van der Waals surface area contributed by atoms with Gasteiger partial charge in [-0.15, -0.1) is 0 Å². The quantitative estimate of drug-likeness (QED) is 0.876. The predicted molar refractivity (Wildman–Crippen MR) is 77.8 cm³/mol. The van der Waals surface area contributed by atoms with Crippen LogP contribution in [0, 0.1) is 0 Å². The molecule has 2 aliphatic carbocycles. The maximum absolute atomic E-state index is 12.1. The van der Waals surface area contributed by atoms with Gasteiger partial charge in [0.15, 0.2) is 0 Å². The molecule has 0 spiro atoms. The van der Waals surface area contributed by atoms with E-state index in [1.165, 1.54) is 0 Å². The Morgan fingerprint density at radius 3 is 2.75 bits per heavy atom. The molecule has 100 valence electrons. The van der Waals surface area contributed by atoms with Crippen molar-refractivity contribution in [3.8, 4) is 0 Å². The minimum atomic E-state index is -0.690. The van der Waals surface area contributed by atoms with Crippen LogP contribution in [0.1, 0.15) is 11.7 Å². The Hall–Kier alpha value is -2.39. The minimum Gasteiger partial charge on any atom is -0.387 e. The summed E-state index contributed by atoms with van der Waals surface area (Å²) >= 11 is 0. The van der Waals surface area contributed by atoms with E-state index in [0.717, 1.165) is 16.7 Å². The molecule has 3 nitrogen and oxygen atoms in total. The van der Waals surface area contributed by atoms with Crippen molar-refractivity contribution in [1.82, 2.24) is 5.32 Å². The second-order valence-electron chi connectivity index (χ2n) is 4.78. The van der Waals surface area contributed by atoms with Crippen LogP contribution in [0.5, 0.6) is 0 Å². The molecule has 3 rings (SSSR count). The number of carbonyl (C=O) groups excluding carboxylic acids is 1. The maximum Gasteiger partial charge on any atom is 0.252 e. The number of aliphatic hydroxyl groups excluding tert-OH is 1. The second kappa shape index (κ2) is 5.31. The van der Waals surface area contributed by atoms with Crippen molar-refractivity contribution in [2.75, 3.05) is 6.54 Å². The van der Waals surface area contributed by atoms with Gasteiger partial charge in [-0.1, -0.05) is 54.6 Å². The topological polar surface area (TPSA) is 49.3 Å². The van der Waals surface area contributed by atoms with Gasteiger partial charge in [0.25, 0.3) is 5.91 Å². The van der Waals surface area contributed by atoms with E-state index in [1.807, 2.05) is 60.7 Å². The van der Waals surface area contributed by atoms with E-state index >= 15 is 0 Å². The molecule has 1 aromatic carbocycles. The molecule has 0 aliphatic heterocycles. The molecule has 0 fully saturated rings. The fraction of sp³-hybridized carbons (Fsp3) is 0.118. The first-order valence-electron chi connectivity index (χ1n) is 6.58. The highest BCUT2D eigenvalue weighted by Gasteiger charge is 2.20. The highest BCUT2D eigenvalue weighted by Crippen LogP contribution is 2.29. The molecule has 1 aromatic rings. The van der Waals surface area contributed by atoms with E-state index in [9.17, 15) is 9.90 Å². The van der Waals surface area contributed by atoms with Gasteiger partial charge in [-0.2, -0.15) is 0 Å². The molecule has 2 N–H and O–H groups in total. The first-order chi connectivity index (χ1) is 9.75. The summed E-state index contributed by atoms with van der Waals surface area (Å²) < 4.78 is 0. The Bertz CT molecular complexity index is 651. The van der Waals surface area contributed by atoms with E-state index < -0.39 is 6.10 Å².